The summed E-state index contributed by atoms with van der Waals surface area (Å²) in [4.78, 5) is 9.37. The smallest absolute Gasteiger partial charge is 0.0722 e. The number of benzene rings is 1. The summed E-state index contributed by atoms with van der Waals surface area (Å²) in [5.41, 5.74) is 2.22. The van der Waals surface area contributed by atoms with E-state index in [1.165, 1.54) is 24.2 Å². The number of rotatable bonds is 4. The lowest BCUT2D eigenvalue weighted by atomic mass is 10.2. The molecule has 0 atom stereocenters. The summed E-state index contributed by atoms with van der Waals surface area (Å²) >= 11 is 0. The Hall–Kier alpha value is -1.65. The monoisotopic (exact) mass is 270 g/mol. The maximum absolute atomic E-state index is 4.40. The molecule has 0 unspecified atom stereocenters. The minimum Gasteiger partial charge on any atom is -0.372 e. The zero-order chi connectivity index (χ0) is 13.8. The van der Waals surface area contributed by atoms with Crippen molar-refractivity contribution >= 4 is 16.6 Å². The van der Waals surface area contributed by atoms with E-state index in [-0.39, 0.29) is 0 Å². The normalized spacial score (nSPS) is 17.4. The highest BCUT2D eigenvalue weighted by atomic mass is 15.3. The van der Waals surface area contributed by atoms with Crippen molar-refractivity contribution < 1.29 is 0 Å². The molecular formula is C16H22N4. The van der Waals surface area contributed by atoms with Crippen molar-refractivity contribution in [3.8, 4) is 0 Å². The third-order valence-electron chi connectivity index (χ3n) is 4.05. The Balaban J connectivity index is 1.63. The molecule has 2 aromatic rings. The van der Waals surface area contributed by atoms with E-state index < -0.39 is 0 Å². The average Bonchev–Trinajstić information content (AvgIpc) is 2.53. The molecule has 3 rings (SSSR count). The van der Waals surface area contributed by atoms with Crippen LogP contribution < -0.4 is 5.32 Å². The van der Waals surface area contributed by atoms with Gasteiger partial charge in [0.2, 0.25) is 0 Å². The molecule has 0 aliphatic carbocycles. The topological polar surface area (TPSA) is 31.4 Å². The van der Waals surface area contributed by atoms with Crippen molar-refractivity contribution in [3.05, 3.63) is 36.5 Å². The number of piperazine rings is 1. The summed E-state index contributed by atoms with van der Waals surface area (Å²) in [5, 5.41) is 4.75. The highest BCUT2D eigenvalue weighted by Crippen LogP contribution is 2.20. The molecule has 106 valence electrons. The largest absolute Gasteiger partial charge is 0.372 e. The van der Waals surface area contributed by atoms with Gasteiger partial charge in [0.1, 0.15) is 0 Å². The third-order valence-corrected chi connectivity index (χ3v) is 4.05. The molecule has 4 nitrogen and oxygen atoms in total. The van der Waals surface area contributed by atoms with Gasteiger partial charge in [-0.05, 0) is 18.7 Å². The fraction of sp³-hybridized carbons (Fsp3) is 0.438. The zero-order valence-electron chi connectivity index (χ0n) is 12.0. The number of fused-ring (bicyclic) bond motifs is 1. The molecule has 0 bridgehead atoms. The molecule has 0 saturated carbocycles. The second-order valence-electron chi connectivity index (χ2n) is 5.26. The van der Waals surface area contributed by atoms with E-state index in [1.54, 1.807) is 0 Å². The number of anilines is 1. The van der Waals surface area contributed by atoms with E-state index in [0.717, 1.165) is 31.8 Å². The molecule has 1 fully saturated rings. The van der Waals surface area contributed by atoms with Crippen molar-refractivity contribution in [2.24, 2.45) is 0 Å². The maximum Gasteiger partial charge on any atom is 0.0722 e. The van der Waals surface area contributed by atoms with Crippen LogP contribution >= 0.6 is 0 Å². The number of para-hydroxylation sites is 1. The van der Waals surface area contributed by atoms with E-state index in [4.69, 9.17) is 0 Å². The molecule has 1 saturated heterocycles. The highest BCUT2D eigenvalue weighted by molar-refractivity contribution is 5.90. The van der Waals surface area contributed by atoms with Crippen LogP contribution in [0.25, 0.3) is 10.9 Å². The van der Waals surface area contributed by atoms with Crippen LogP contribution in [0, 0.1) is 0 Å². The molecule has 4 heteroatoms. The molecule has 0 amide bonds. The molecule has 0 spiro atoms. The molecule has 1 aliphatic heterocycles. The van der Waals surface area contributed by atoms with Crippen molar-refractivity contribution in [2.75, 3.05) is 44.7 Å². The van der Waals surface area contributed by atoms with Crippen LogP contribution in [0.4, 0.5) is 5.69 Å². The van der Waals surface area contributed by atoms with Gasteiger partial charge in [-0.3, -0.25) is 9.88 Å². The quantitative estimate of drug-likeness (QED) is 0.923. The lowest BCUT2D eigenvalue weighted by Gasteiger charge is -2.34. The maximum atomic E-state index is 4.40. The van der Waals surface area contributed by atoms with Gasteiger partial charge in [-0.2, -0.15) is 0 Å². The first-order chi connectivity index (χ1) is 9.86. The first-order valence-electron chi connectivity index (χ1n) is 7.39. The summed E-state index contributed by atoms with van der Waals surface area (Å²) < 4.78 is 0. The summed E-state index contributed by atoms with van der Waals surface area (Å²) in [6.07, 6.45) is 1.87. The van der Waals surface area contributed by atoms with Crippen LogP contribution in [-0.4, -0.2) is 54.2 Å². The van der Waals surface area contributed by atoms with E-state index in [9.17, 15) is 0 Å². The zero-order valence-corrected chi connectivity index (χ0v) is 12.0. The summed E-state index contributed by atoms with van der Waals surface area (Å²) in [6.45, 7) is 8.94. The Bertz CT molecular complexity index is 556. The molecule has 2 heterocycles. The van der Waals surface area contributed by atoms with Crippen molar-refractivity contribution in [3.63, 3.8) is 0 Å². The molecule has 1 aliphatic rings. The highest BCUT2D eigenvalue weighted by Gasteiger charge is 2.14. The molecule has 1 N–H and O–H groups in total. The second kappa shape index (κ2) is 6.20. The average molecular weight is 270 g/mol. The van der Waals surface area contributed by atoms with Gasteiger partial charge < -0.3 is 10.2 Å². The molecule has 0 radical (unpaired) electrons. The van der Waals surface area contributed by atoms with Gasteiger partial charge in [0.15, 0.2) is 0 Å². The van der Waals surface area contributed by atoms with E-state index in [2.05, 4.69) is 51.3 Å². The number of pyridine rings is 1. The van der Waals surface area contributed by atoms with Gasteiger partial charge in [-0.15, -0.1) is 0 Å². The lowest BCUT2D eigenvalue weighted by Crippen LogP contribution is -2.47. The summed E-state index contributed by atoms with van der Waals surface area (Å²) in [5.74, 6) is 0. The fourth-order valence-corrected chi connectivity index (χ4v) is 2.71. The van der Waals surface area contributed by atoms with Crippen LogP contribution in [0.5, 0.6) is 0 Å². The summed E-state index contributed by atoms with van der Waals surface area (Å²) in [6, 6.07) is 10.3. The van der Waals surface area contributed by atoms with Gasteiger partial charge in [0.05, 0.1) is 12.2 Å². The number of nitrogens with zero attached hydrogens (tertiary/aromatic N) is 3. The first-order valence-corrected chi connectivity index (χ1v) is 7.39. The molecule has 1 aromatic heterocycles. The van der Waals surface area contributed by atoms with Crippen LogP contribution in [0.15, 0.2) is 36.5 Å². The van der Waals surface area contributed by atoms with Gasteiger partial charge >= 0.3 is 0 Å². The Kier molecular flexibility index (Phi) is 4.14. The van der Waals surface area contributed by atoms with Gasteiger partial charge in [0, 0.05) is 43.4 Å². The van der Waals surface area contributed by atoms with Crippen molar-refractivity contribution in [1.82, 2.24) is 14.8 Å². The second-order valence-corrected chi connectivity index (χ2v) is 5.26. The first kappa shape index (κ1) is 13.3. The van der Waals surface area contributed by atoms with E-state index in [0.29, 0.717) is 0 Å². The third kappa shape index (κ3) is 2.92. The van der Waals surface area contributed by atoms with Crippen molar-refractivity contribution in [1.29, 1.82) is 0 Å². The van der Waals surface area contributed by atoms with E-state index >= 15 is 0 Å². The molecule has 1 aromatic carbocycles. The number of hydrogen-bond donors (Lipinski definition) is 1. The predicted molar refractivity (Wildman–Crippen MR) is 83.9 cm³/mol. The summed E-state index contributed by atoms with van der Waals surface area (Å²) in [7, 11) is 0. The predicted octanol–water partition coefficient (Wildman–Crippen LogP) is 2.24. The Morgan fingerprint density at radius 3 is 2.60 bits per heavy atom. The van der Waals surface area contributed by atoms with Crippen LogP contribution in [-0.2, 0) is 0 Å². The SMILES string of the molecule is CCN1CCN(CNc2ccnc3ccccc23)CC1. The van der Waals surface area contributed by atoms with E-state index in [1.807, 2.05) is 12.3 Å². The van der Waals surface area contributed by atoms with Gasteiger partial charge in [-0.1, -0.05) is 25.1 Å². The number of nitrogens with one attached hydrogen (secondary N) is 1. The number of likely N-dealkylation sites (N-methyl/N-ethyl adjacent to an activating group) is 1. The van der Waals surface area contributed by atoms with Gasteiger partial charge in [0.25, 0.3) is 0 Å². The lowest BCUT2D eigenvalue weighted by molar-refractivity contribution is 0.144. The standard InChI is InChI=1S/C16H22N4/c1-2-19-9-11-20(12-10-19)13-18-16-7-8-17-15-6-4-3-5-14(15)16/h3-8H,2,9-13H2,1H3,(H,17,18). The van der Waals surface area contributed by atoms with Crippen LogP contribution in [0.2, 0.25) is 0 Å². The fourth-order valence-electron chi connectivity index (χ4n) is 2.71. The molecule has 20 heavy (non-hydrogen) atoms. The van der Waals surface area contributed by atoms with Crippen LogP contribution in [0.3, 0.4) is 0 Å². The van der Waals surface area contributed by atoms with Crippen LogP contribution in [0.1, 0.15) is 6.92 Å². The minimum absolute atomic E-state index is 0.908. The molecular weight excluding hydrogens is 248 g/mol. The number of aromatic nitrogens is 1. The Morgan fingerprint density at radius 1 is 1.05 bits per heavy atom. The Morgan fingerprint density at radius 2 is 1.80 bits per heavy atom. The Labute approximate surface area is 120 Å². The number of hydrogen-bond acceptors (Lipinski definition) is 4. The minimum atomic E-state index is 0.908. The van der Waals surface area contributed by atoms with Gasteiger partial charge in [-0.25, -0.2) is 0 Å². The van der Waals surface area contributed by atoms with Crippen molar-refractivity contribution in [2.45, 2.75) is 6.92 Å².